The summed E-state index contributed by atoms with van der Waals surface area (Å²) in [7, 11) is -3.58. The van der Waals surface area contributed by atoms with Crippen molar-refractivity contribution in [3.8, 4) is 0 Å². The van der Waals surface area contributed by atoms with Crippen molar-refractivity contribution in [2.24, 2.45) is 0 Å². The summed E-state index contributed by atoms with van der Waals surface area (Å²) in [6.45, 7) is 0.605. The number of halogens is 4. The summed E-state index contributed by atoms with van der Waals surface area (Å²) in [5.74, 6) is -1.49. The number of benzene rings is 2. The summed E-state index contributed by atoms with van der Waals surface area (Å²) in [6, 6.07) is 7.41. The minimum atomic E-state index is -4.64. The molecule has 1 aliphatic heterocycles. The molecule has 1 aliphatic rings. The fraction of sp³-hybridized carbons (Fsp3) is 0.238. The van der Waals surface area contributed by atoms with Crippen molar-refractivity contribution in [1.29, 1.82) is 0 Å². The predicted molar refractivity (Wildman–Crippen MR) is 111 cm³/mol. The van der Waals surface area contributed by atoms with Crippen LogP contribution in [0.5, 0.6) is 0 Å². The molecule has 0 unspecified atom stereocenters. The van der Waals surface area contributed by atoms with Crippen molar-refractivity contribution in [2.45, 2.75) is 24.3 Å². The zero-order valence-corrected chi connectivity index (χ0v) is 18.0. The Morgan fingerprint density at radius 3 is 2.55 bits per heavy atom. The largest absolute Gasteiger partial charge is 0.416 e. The van der Waals surface area contributed by atoms with Crippen LogP contribution in [0, 0.1) is 5.82 Å². The van der Waals surface area contributed by atoms with E-state index in [1.165, 1.54) is 11.1 Å². The normalized spacial score (nSPS) is 14.2. The van der Waals surface area contributed by atoms with Crippen molar-refractivity contribution < 1.29 is 30.8 Å². The van der Waals surface area contributed by atoms with Crippen LogP contribution in [0.2, 0.25) is 0 Å². The van der Waals surface area contributed by atoms with Gasteiger partial charge in [-0.3, -0.25) is 4.79 Å². The topological polar surface area (TPSA) is 95.2 Å². The van der Waals surface area contributed by atoms with Crippen molar-refractivity contribution in [1.82, 2.24) is 14.9 Å². The van der Waals surface area contributed by atoms with Gasteiger partial charge in [-0.15, -0.1) is 0 Å². The van der Waals surface area contributed by atoms with Gasteiger partial charge in [-0.1, -0.05) is 6.07 Å². The maximum Gasteiger partial charge on any atom is 0.416 e. The molecule has 1 aromatic heterocycles. The van der Waals surface area contributed by atoms with E-state index in [1.807, 2.05) is 0 Å². The Kier molecular flexibility index (Phi) is 5.64. The molecule has 2 heterocycles. The summed E-state index contributed by atoms with van der Waals surface area (Å²) in [5, 5.41) is 2.47. The third-order valence-corrected chi connectivity index (χ3v) is 6.12. The van der Waals surface area contributed by atoms with Gasteiger partial charge in [0.25, 0.3) is 5.91 Å². The Hall–Kier alpha value is -3.41. The number of carbonyl (C=O) groups excluding carboxylic acids is 1. The van der Waals surface area contributed by atoms with Crippen LogP contribution in [0.4, 0.5) is 28.9 Å². The van der Waals surface area contributed by atoms with Crippen LogP contribution in [-0.4, -0.2) is 42.0 Å². The highest BCUT2D eigenvalue weighted by atomic mass is 32.2. The van der Waals surface area contributed by atoms with Gasteiger partial charge in [-0.2, -0.15) is 13.2 Å². The average Bonchev–Trinajstić information content (AvgIpc) is 3.24. The molecule has 33 heavy (non-hydrogen) atoms. The minimum absolute atomic E-state index is 0.0278. The van der Waals surface area contributed by atoms with Gasteiger partial charge in [0.1, 0.15) is 11.5 Å². The highest BCUT2D eigenvalue weighted by Crippen LogP contribution is 2.32. The molecule has 0 radical (unpaired) electrons. The summed E-state index contributed by atoms with van der Waals surface area (Å²) < 4.78 is 75.6. The maximum atomic E-state index is 14.2. The van der Waals surface area contributed by atoms with Gasteiger partial charge >= 0.3 is 6.18 Å². The minimum Gasteiger partial charge on any atom is -0.353 e. The Morgan fingerprint density at radius 1 is 1.15 bits per heavy atom. The average molecular weight is 482 g/mol. The Bertz CT molecular complexity index is 1340. The van der Waals surface area contributed by atoms with E-state index in [0.29, 0.717) is 24.7 Å². The van der Waals surface area contributed by atoms with Crippen molar-refractivity contribution in [3.63, 3.8) is 0 Å². The quantitative estimate of drug-likeness (QED) is 0.550. The second-order valence-electron chi connectivity index (χ2n) is 7.64. The van der Waals surface area contributed by atoms with Gasteiger partial charge in [-0.05, 0) is 47.9 Å². The molecule has 12 heteroatoms. The molecule has 2 aromatic carbocycles. The Labute approximate surface area is 186 Å². The van der Waals surface area contributed by atoms with Crippen LogP contribution in [-0.2, 0) is 29.0 Å². The van der Waals surface area contributed by atoms with E-state index in [2.05, 4.69) is 15.3 Å². The monoisotopic (exact) mass is 482 g/mol. The van der Waals surface area contributed by atoms with E-state index in [9.17, 15) is 30.8 Å². The summed E-state index contributed by atoms with van der Waals surface area (Å²) in [6.07, 6.45) is -1.89. The number of hydrogen-bond acceptors (Lipinski definition) is 5. The maximum absolute atomic E-state index is 14.2. The van der Waals surface area contributed by atoms with Crippen LogP contribution in [0.3, 0.4) is 0 Å². The Balaban J connectivity index is 1.52. The number of nitrogens with zero attached hydrogens (tertiary/aromatic N) is 2. The number of alkyl halides is 3. The first-order valence-electron chi connectivity index (χ1n) is 9.72. The lowest BCUT2D eigenvalue weighted by Crippen LogP contribution is -2.36. The number of aromatic amines is 1. The first kappa shape index (κ1) is 22.8. The molecule has 0 atom stereocenters. The third-order valence-electron chi connectivity index (χ3n) is 5.21. The number of fused-ring (bicyclic) bond motifs is 1. The van der Waals surface area contributed by atoms with Crippen LogP contribution >= 0.6 is 0 Å². The van der Waals surface area contributed by atoms with E-state index >= 15 is 0 Å². The standard InChI is InChI=1S/C21H18F4N4O3S/c1-33(31,32)20-26-10-18(28-20)19(30)29-7-6-12-2-4-15(8-13(12)11-29)27-17-5-3-14(9-16(17)22)21(23,24)25/h2-5,8-10,27H,6-7,11H2,1H3,(H,26,28). The lowest BCUT2D eigenvalue weighted by atomic mass is 9.98. The Morgan fingerprint density at radius 2 is 1.91 bits per heavy atom. The molecular weight excluding hydrogens is 464 g/mol. The molecule has 2 N–H and O–H groups in total. The lowest BCUT2D eigenvalue weighted by molar-refractivity contribution is -0.137. The number of anilines is 2. The van der Waals surface area contributed by atoms with Crippen LogP contribution in [0.1, 0.15) is 27.2 Å². The molecule has 7 nitrogen and oxygen atoms in total. The molecule has 1 amide bonds. The van der Waals surface area contributed by atoms with E-state index in [-0.39, 0.29) is 23.1 Å². The first-order valence-corrected chi connectivity index (χ1v) is 11.6. The number of sulfone groups is 1. The molecular formula is C21H18F4N4O3S. The molecule has 0 aliphatic carbocycles. The summed E-state index contributed by atoms with van der Waals surface area (Å²) in [5.41, 5.74) is 0.960. The molecule has 0 fully saturated rings. The predicted octanol–water partition coefficient (Wildman–Crippen LogP) is 3.91. The van der Waals surface area contributed by atoms with E-state index < -0.39 is 33.3 Å². The van der Waals surface area contributed by atoms with Crippen LogP contribution in [0.25, 0.3) is 0 Å². The van der Waals surface area contributed by atoms with Gasteiger partial charge in [0, 0.05) is 31.2 Å². The lowest BCUT2D eigenvalue weighted by Gasteiger charge is -2.28. The van der Waals surface area contributed by atoms with Crippen LogP contribution < -0.4 is 5.32 Å². The van der Waals surface area contributed by atoms with Crippen LogP contribution in [0.15, 0.2) is 47.8 Å². The number of imidazole rings is 1. The van der Waals surface area contributed by atoms with Gasteiger partial charge < -0.3 is 15.2 Å². The van der Waals surface area contributed by atoms with Crippen molar-refractivity contribution in [3.05, 3.63) is 70.8 Å². The van der Waals surface area contributed by atoms with Crippen molar-refractivity contribution in [2.75, 3.05) is 18.1 Å². The van der Waals surface area contributed by atoms with E-state index in [0.717, 1.165) is 29.5 Å². The van der Waals surface area contributed by atoms with E-state index in [4.69, 9.17) is 0 Å². The number of amides is 1. The highest BCUT2D eigenvalue weighted by Gasteiger charge is 2.31. The second-order valence-corrected chi connectivity index (χ2v) is 9.57. The molecule has 174 valence electrons. The number of rotatable bonds is 4. The molecule has 4 rings (SSSR count). The first-order chi connectivity index (χ1) is 15.4. The molecule has 0 bridgehead atoms. The van der Waals surface area contributed by atoms with Gasteiger partial charge in [0.15, 0.2) is 0 Å². The number of carbonyl (C=O) groups is 1. The van der Waals surface area contributed by atoms with Crippen molar-refractivity contribution >= 4 is 27.1 Å². The molecule has 0 spiro atoms. The third kappa shape index (κ3) is 4.85. The molecule has 3 aromatic rings. The van der Waals surface area contributed by atoms with Gasteiger partial charge in [-0.25, -0.2) is 17.8 Å². The zero-order chi connectivity index (χ0) is 24.0. The number of aromatic nitrogens is 2. The van der Waals surface area contributed by atoms with Gasteiger partial charge in [0.2, 0.25) is 15.0 Å². The highest BCUT2D eigenvalue weighted by molar-refractivity contribution is 7.90. The summed E-state index contributed by atoms with van der Waals surface area (Å²) in [4.78, 5) is 20.6. The number of nitrogens with one attached hydrogen (secondary N) is 2. The SMILES string of the molecule is CS(=O)(=O)c1nc(C(=O)N2CCc3ccc(Nc4ccc(C(F)(F)F)cc4F)cc3C2)c[nH]1. The molecule has 0 saturated carbocycles. The summed E-state index contributed by atoms with van der Waals surface area (Å²) >= 11 is 0. The van der Waals surface area contributed by atoms with E-state index in [1.54, 1.807) is 18.2 Å². The number of hydrogen-bond donors (Lipinski definition) is 2. The second kappa shape index (κ2) is 8.18. The smallest absolute Gasteiger partial charge is 0.353 e. The van der Waals surface area contributed by atoms with Gasteiger partial charge in [0.05, 0.1) is 11.3 Å². The fourth-order valence-corrected chi connectivity index (χ4v) is 4.06. The zero-order valence-electron chi connectivity index (χ0n) is 17.2. The number of H-pyrrole nitrogens is 1. The molecule has 0 saturated heterocycles. The fourth-order valence-electron chi connectivity index (χ4n) is 3.52.